The molecular formula is C13H19N5. The number of nitrogens with zero attached hydrogens (tertiary/aromatic N) is 3. The summed E-state index contributed by atoms with van der Waals surface area (Å²) in [5.74, 6) is 1.13. The van der Waals surface area contributed by atoms with Crippen LogP contribution in [0.3, 0.4) is 0 Å². The molecule has 0 spiro atoms. The first kappa shape index (κ1) is 11.3. The third kappa shape index (κ3) is 1.70. The van der Waals surface area contributed by atoms with E-state index in [2.05, 4.69) is 33.7 Å². The highest BCUT2D eigenvalue weighted by Crippen LogP contribution is 2.32. The van der Waals surface area contributed by atoms with Gasteiger partial charge in [0.2, 0.25) is 0 Å². The van der Waals surface area contributed by atoms with Gasteiger partial charge >= 0.3 is 0 Å². The van der Waals surface area contributed by atoms with Crippen LogP contribution in [-0.4, -0.2) is 21.1 Å². The van der Waals surface area contributed by atoms with Crippen LogP contribution in [-0.2, 0) is 13.0 Å². The van der Waals surface area contributed by atoms with Gasteiger partial charge in [0.05, 0.1) is 23.2 Å². The van der Waals surface area contributed by atoms with Gasteiger partial charge in [-0.3, -0.25) is 0 Å². The Labute approximate surface area is 106 Å². The van der Waals surface area contributed by atoms with Crippen LogP contribution in [0.4, 0.5) is 11.5 Å². The number of nitrogen functional groups attached to an aromatic ring is 1. The van der Waals surface area contributed by atoms with E-state index in [0.717, 1.165) is 48.3 Å². The highest BCUT2D eigenvalue weighted by atomic mass is 15.1. The summed E-state index contributed by atoms with van der Waals surface area (Å²) in [5, 5.41) is 3.45. The molecule has 0 aliphatic carbocycles. The minimum atomic E-state index is 0.551. The van der Waals surface area contributed by atoms with Crippen LogP contribution in [0.15, 0.2) is 6.33 Å². The van der Waals surface area contributed by atoms with Crippen molar-refractivity contribution < 1.29 is 0 Å². The Balaban J connectivity index is 2.24. The fraction of sp³-hybridized carbons (Fsp3) is 0.538. The van der Waals surface area contributed by atoms with Gasteiger partial charge in [-0.1, -0.05) is 13.8 Å². The third-order valence-corrected chi connectivity index (χ3v) is 3.32. The van der Waals surface area contributed by atoms with Crippen molar-refractivity contribution in [1.29, 1.82) is 0 Å². The molecule has 18 heavy (non-hydrogen) atoms. The maximum Gasteiger partial charge on any atom is 0.152 e. The molecule has 2 aromatic rings. The lowest BCUT2D eigenvalue weighted by Crippen LogP contribution is -2.16. The summed E-state index contributed by atoms with van der Waals surface area (Å²) in [4.78, 5) is 8.89. The van der Waals surface area contributed by atoms with Crippen LogP contribution in [0.2, 0.25) is 0 Å². The van der Waals surface area contributed by atoms with E-state index in [1.54, 1.807) is 0 Å². The maximum absolute atomic E-state index is 6.01. The van der Waals surface area contributed by atoms with Crippen LogP contribution in [0.5, 0.6) is 0 Å². The summed E-state index contributed by atoms with van der Waals surface area (Å²) in [5.41, 5.74) is 10.2. The molecule has 0 unspecified atom stereocenters. The molecule has 3 heterocycles. The molecule has 0 aromatic carbocycles. The minimum Gasteiger partial charge on any atom is -0.382 e. The second-order valence-corrected chi connectivity index (χ2v) is 5.34. The average molecular weight is 245 g/mol. The number of nitrogens with two attached hydrogens (primary N) is 1. The van der Waals surface area contributed by atoms with E-state index in [0.29, 0.717) is 11.7 Å². The lowest BCUT2D eigenvalue weighted by Gasteiger charge is -2.20. The van der Waals surface area contributed by atoms with Gasteiger partial charge in [-0.2, -0.15) is 0 Å². The number of fused-ring (bicyclic) bond motifs is 3. The minimum absolute atomic E-state index is 0.551. The molecule has 2 aromatic heterocycles. The number of pyridine rings is 1. The van der Waals surface area contributed by atoms with Gasteiger partial charge in [-0.25, -0.2) is 9.97 Å². The van der Waals surface area contributed by atoms with Gasteiger partial charge in [0.25, 0.3) is 0 Å². The second kappa shape index (κ2) is 4.15. The standard InChI is InChI=1S/C13H19N5/c1-8(2)6-18-7-16-11-12(18)10-9(17-13(11)14)4-3-5-15-10/h7-8,15H,3-6H2,1-2H3,(H2,14,17). The molecule has 0 atom stereocenters. The van der Waals surface area contributed by atoms with E-state index < -0.39 is 0 Å². The first-order chi connectivity index (χ1) is 8.66. The van der Waals surface area contributed by atoms with Gasteiger partial charge < -0.3 is 15.6 Å². The number of hydrogen-bond acceptors (Lipinski definition) is 4. The van der Waals surface area contributed by atoms with Crippen LogP contribution in [0.25, 0.3) is 11.0 Å². The van der Waals surface area contributed by atoms with E-state index in [4.69, 9.17) is 5.73 Å². The topological polar surface area (TPSA) is 68.8 Å². The van der Waals surface area contributed by atoms with Crippen LogP contribution < -0.4 is 11.1 Å². The Morgan fingerprint density at radius 1 is 1.50 bits per heavy atom. The van der Waals surface area contributed by atoms with Crippen molar-refractivity contribution in [3.63, 3.8) is 0 Å². The molecule has 0 amide bonds. The van der Waals surface area contributed by atoms with Gasteiger partial charge in [-0.15, -0.1) is 0 Å². The molecule has 5 heteroatoms. The van der Waals surface area contributed by atoms with Crippen molar-refractivity contribution in [2.24, 2.45) is 5.92 Å². The maximum atomic E-state index is 6.01. The molecule has 3 N–H and O–H groups in total. The third-order valence-electron chi connectivity index (χ3n) is 3.32. The van der Waals surface area contributed by atoms with Crippen LogP contribution in [0, 0.1) is 5.92 Å². The van der Waals surface area contributed by atoms with Crippen LogP contribution >= 0.6 is 0 Å². The van der Waals surface area contributed by atoms with Crippen molar-refractivity contribution in [2.45, 2.75) is 33.2 Å². The molecule has 1 aliphatic heterocycles. The van der Waals surface area contributed by atoms with E-state index in [1.165, 1.54) is 0 Å². The van der Waals surface area contributed by atoms with Gasteiger partial charge in [0, 0.05) is 13.1 Å². The highest BCUT2D eigenvalue weighted by molar-refractivity contribution is 5.96. The predicted molar refractivity (Wildman–Crippen MR) is 73.6 cm³/mol. The fourth-order valence-electron chi connectivity index (χ4n) is 2.59. The smallest absolute Gasteiger partial charge is 0.152 e. The molecule has 0 fully saturated rings. The summed E-state index contributed by atoms with van der Waals surface area (Å²) in [7, 11) is 0. The number of hydrogen-bond donors (Lipinski definition) is 2. The Morgan fingerprint density at radius 2 is 2.33 bits per heavy atom. The van der Waals surface area contributed by atoms with Gasteiger partial charge in [-0.05, 0) is 18.8 Å². The number of anilines is 2. The Bertz CT molecular complexity index is 585. The van der Waals surface area contributed by atoms with Crippen molar-refractivity contribution in [3.8, 4) is 0 Å². The number of rotatable bonds is 2. The number of aromatic nitrogens is 3. The number of nitrogens with one attached hydrogen (secondary N) is 1. The molecule has 0 bridgehead atoms. The zero-order chi connectivity index (χ0) is 12.7. The summed E-state index contributed by atoms with van der Waals surface area (Å²) in [6, 6.07) is 0. The van der Waals surface area contributed by atoms with E-state index in [9.17, 15) is 0 Å². The van der Waals surface area contributed by atoms with E-state index in [-0.39, 0.29) is 0 Å². The first-order valence-electron chi connectivity index (χ1n) is 6.54. The van der Waals surface area contributed by atoms with E-state index in [1.807, 2.05) is 6.33 Å². The summed E-state index contributed by atoms with van der Waals surface area (Å²) >= 11 is 0. The van der Waals surface area contributed by atoms with Crippen molar-refractivity contribution in [3.05, 3.63) is 12.0 Å². The van der Waals surface area contributed by atoms with E-state index >= 15 is 0 Å². The molecular weight excluding hydrogens is 226 g/mol. The molecule has 96 valence electrons. The van der Waals surface area contributed by atoms with Gasteiger partial charge in [0.1, 0.15) is 5.52 Å². The Hall–Kier alpha value is -1.78. The average Bonchev–Trinajstić information content (AvgIpc) is 2.73. The largest absolute Gasteiger partial charge is 0.382 e. The lowest BCUT2D eigenvalue weighted by atomic mass is 10.1. The molecule has 0 radical (unpaired) electrons. The quantitative estimate of drug-likeness (QED) is 0.849. The SMILES string of the molecule is CC(C)Cn1cnc2c(N)nc3c(c21)NCCC3. The number of imidazole rings is 1. The summed E-state index contributed by atoms with van der Waals surface area (Å²) in [6.07, 6.45) is 3.98. The summed E-state index contributed by atoms with van der Waals surface area (Å²) in [6.45, 7) is 6.36. The second-order valence-electron chi connectivity index (χ2n) is 5.34. The zero-order valence-electron chi connectivity index (χ0n) is 10.9. The van der Waals surface area contributed by atoms with Crippen molar-refractivity contribution in [1.82, 2.24) is 14.5 Å². The Morgan fingerprint density at radius 3 is 3.11 bits per heavy atom. The normalized spacial score (nSPS) is 14.8. The molecule has 5 nitrogen and oxygen atoms in total. The molecule has 0 saturated heterocycles. The lowest BCUT2D eigenvalue weighted by molar-refractivity contribution is 0.532. The highest BCUT2D eigenvalue weighted by Gasteiger charge is 2.19. The molecule has 1 aliphatic rings. The molecule has 0 saturated carbocycles. The Kier molecular flexibility index (Phi) is 2.61. The van der Waals surface area contributed by atoms with Gasteiger partial charge in [0.15, 0.2) is 5.82 Å². The van der Waals surface area contributed by atoms with Crippen molar-refractivity contribution in [2.75, 3.05) is 17.6 Å². The predicted octanol–water partition coefficient (Wildman–Crippen LogP) is 2.03. The fourth-order valence-corrected chi connectivity index (χ4v) is 2.59. The van der Waals surface area contributed by atoms with Crippen LogP contribution in [0.1, 0.15) is 26.0 Å². The zero-order valence-corrected chi connectivity index (χ0v) is 10.9. The molecule has 3 rings (SSSR count). The monoisotopic (exact) mass is 245 g/mol. The summed E-state index contributed by atoms with van der Waals surface area (Å²) < 4.78 is 2.19. The first-order valence-corrected chi connectivity index (χ1v) is 6.54. The van der Waals surface area contributed by atoms with Crippen molar-refractivity contribution >= 4 is 22.5 Å². The number of aryl methyl sites for hydroxylation is 1.